The zero-order chi connectivity index (χ0) is 9.14. The maximum Gasteiger partial charge on any atom is 0.267 e. The molecule has 0 fully saturated rings. The van der Waals surface area contributed by atoms with Crippen molar-refractivity contribution in [1.82, 2.24) is 5.43 Å². The number of nitrogen functional groups attached to an aromatic ring is 2. The highest BCUT2D eigenvalue weighted by molar-refractivity contribution is 5.99. The van der Waals surface area contributed by atoms with E-state index in [4.69, 9.17) is 11.6 Å². The Labute approximate surface area is 70.5 Å². The number of hydrogen-bond donors (Lipinski definition) is 3. The van der Waals surface area contributed by atoms with Crippen LogP contribution in [0.15, 0.2) is 18.2 Å². The number of hydrazine groups is 1. The van der Waals surface area contributed by atoms with E-state index in [1.807, 2.05) is 18.4 Å². The number of carbonyl (C=O) groups is 1. The van der Waals surface area contributed by atoms with Gasteiger partial charge in [0.1, 0.15) is 0 Å². The first kappa shape index (κ1) is 8.55. The van der Waals surface area contributed by atoms with Gasteiger partial charge in [-0.2, -0.15) is 0 Å². The maximum atomic E-state index is 11.1. The Morgan fingerprint density at radius 2 is 2.17 bits per heavy atom. The van der Waals surface area contributed by atoms with E-state index in [0.717, 1.165) is 5.56 Å². The van der Waals surface area contributed by atoms with Crippen molar-refractivity contribution in [2.24, 2.45) is 5.84 Å². The molecule has 1 aromatic rings. The largest absolute Gasteiger partial charge is 0.398 e. The third-order valence-electron chi connectivity index (χ3n) is 1.70. The number of nitrogens with two attached hydrogens (primary N) is 2. The van der Waals surface area contributed by atoms with Gasteiger partial charge in [-0.1, -0.05) is 12.1 Å². The fourth-order valence-corrected chi connectivity index (χ4v) is 0.956. The van der Waals surface area contributed by atoms with Gasteiger partial charge in [-0.15, -0.1) is 0 Å². The molecule has 4 nitrogen and oxygen atoms in total. The fourth-order valence-electron chi connectivity index (χ4n) is 0.956. The van der Waals surface area contributed by atoms with Crippen LogP contribution in [0.2, 0.25) is 0 Å². The summed E-state index contributed by atoms with van der Waals surface area (Å²) in [6, 6.07) is 5.23. The summed E-state index contributed by atoms with van der Waals surface area (Å²) in [5.74, 6) is 4.60. The maximum absolute atomic E-state index is 11.1. The molecule has 0 radical (unpaired) electrons. The molecule has 64 valence electrons. The van der Waals surface area contributed by atoms with Crippen LogP contribution in [0, 0.1) is 6.92 Å². The molecule has 0 saturated carbocycles. The van der Waals surface area contributed by atoms with E-state index >= 15 is 0 Å². The first-order valence-electron chi connectivity index (χ1n) is 3.53. The number of hydrogen-bond acceptors (Lipinski definition) is 3. The lowest BCUT2D eigenvalue weighted by molar-refractivity contribution is 0.0954. The number of carbonyl (C=O) groups excluding carboxylic acids is 1. The summed E-state index contributed by atoms with van der Waals surface area (Å²) in [6.45, 7) is 1.84. The highest BCUT2D eigenvalue weighted by atomic mass is 16.2. The Balaban J connectivity index is 3.16. The standard InChI is InChI=1S/C8H11N3O/c1-5-3-2-4-6(7(5)9)8(12)11-10/h2-4H,9-10H2,1H3,(H,11,12). The van der Waals surface area contributed by atoms with Crippen LogP contribution in [-0.2, 0) is 0 Å². The summed E-state index contributed by atoms with van der Waals surface area (Å²) in [5, 5.41) is 0. The minimum absolute atomic E-state index is 0.365. The van der Waals surface area contributed by atoms with Gasteiger partial charge < -0.3 is 5.73 Å². The Hall–Kier alpha value is -1.55. The highest BCUT2D eigenvalue weighted by Crippen LogP contribution is 2.15. The summed E-state index contributed by atoms with van der Waals surface area (Å²) >= 11 is 0. The summed E-state index contributed by atoms with van der Waals surface area (Å²) in [5.41, 5.74) is 9.43. The molecule has 0 heterocycles. The van der Waals surface area contributed by atoms with Gasteiger partial charge in [-0.25, -0.2) is 5.84 Å². The molecule has 1 aromatic carbocycles. The van der Waals surface area contributed by atoms with E-state index in [9.17, 15) is 4.79 Å². The van der Waals surface area contributed by atoms with Crippen LogP contribution in [0.1, 0.15) is 15.9 Å². The molecular formula is C8H11N3O. The average molecular weight is 165 g/mol. The summed E-state index contributed by atoms with van der Waals surface area (Å²) in [6.07, 6.45) is 0. The highest BCUT2D eigenvalue weighted by Gasteiger charge is 2.08. The Morgan fingerprint density at radius 3 is 2.75 bits per heavy atom. The van der Waals surface area contributed by atoms with Gasteiger partial charge in [0, 0.05) is 5.69 Å². The number of rotatable bonds is 1. The van der Waals surface area contributed by atoms with Crippen molar-refractivity contribution in [3.63, 3.8) is 0 Å². The Bertz CT molecular complexity index is 309. The SMILES string of the molecule is Cc1cccc(C(=O)NN)c1N. The minimum atomic E-state index is -0.365. The van der Waals surface area contributed by atoms with Gasteiger partial charge in [0.15, 0.2) is 0 Å². The van der Waals surface area contributed by atoms with E-state index in [1.54, 1.807) is 12.1 Å². The van der Waals surface area contributed by atoms with Crippen LogP contribution in [0.3, 0.4) is 0 Å². The molecule has 5 N–H and O–H groups in total. The Kier molecular flexibility index (Phi) is 2.30. The molecule has 0 saturated heterocycles. The van der Waals surface area contributed by atoms with Crippen LogP contribution < -0.4 is 17.0 Å². The monoisotopic (exact) mass is 165 g/mol. The molecule has 0 unspecified atom stereocenters. The summed E-state index contributed by atoms with van der Waals surface area (Å²) < 4.78 is 0. The minimum Gasteiger partial charge on any atom is -0.398 e. The molecule has 0 aliphatic carbocycles. The third kappa shape index (κ3) is 1.38. The fraction of sp³-hybridized carbons (Fsp3) is 0.125. The van der Waals surface area contributed by atoms with Crippen LogP contribution in [0.5, 0.6) is 0 Å². The van der Waals surface area contributed by atoms with Crippen LogP contribution in [-0.4, -0.2) is 5.91 Å². The van der Waals surface area contributed by atoms with E-state index in [-0.39, 0.29) is 5.91 Å². The molecule has 0 atom stereocenters. The van der Waals surface area contributed by atoms with Crippen molar-refractivity contribution >= 4 is 11.6 Å². The second kappa shape index (κ2) is 3.23. The van der Waals surface area contributed by atoms with Crippen molar-refractivity contribution in [2.75, 3.05) is 5.73 Å². The van der Waals surface area contributed by atoms with Gasteiger partial charge in [0.05, 0.1) is 5.56 Å². The molecule has 1 amide bonds. The zero-order valence-electron chi connectivity index (χ0n) is 6.79. The van der Waals surface area contributed by atoms with Gasteiger partial charge in [-0.3, -0.25) is 10.2 Å². The van der Waals surface area contributed by atoms with Crippen molar-refractivity contribution in [2.45, 2.75) is 6.92 Å². The normalized spacial score (nSPS) is 9.50. The van der Waals surface area contributed by atoms with E-state index in [2.05, 4.69) is 0 Å². The lowest BCUT2D eigenvalue weighted by Gasteiger charge is -2.05. The Morgan fingerprint density at radius 1 is 1.50 bits per heavy atom. The van der Waals surface area contributed by atoms with Gasteiger partial charge in [-0.05, 0) is 18.6 Å². The molecule has 0 bridgehead atoms. The zero-order valence-corrected chi connectivity index (χ0v) is 6.79. The molecule has 4 heteroatoms. The van der Waals surface area contributed by atoms with E-state index in [1.165, 1.54) is 0 Å². The number of anilines is 1. The molecule has 0 spiro atoms. The van der Waals surface area contributed by atoms with Gasteiger partial charge in [0.2, 0.25) is 0 Å². The van der Waals surface area contributed by atoms with Gasteiger partial charge in [0.25, 0.3) is 5.91 Å². The van der Waals surface area contributed by atoms with Crippen LogP contribution in [0.25, 0.3) is 0 Å². The molecule has 1 rings (SSSR count). The number of para-hydroxylation sites is 1. The topological polar surface area (TPSA) is 81.1 Å². The van der Waals surface area contributed by atoms with E-state index < -0.39 is 0 Å². The van der Waals surface area contributed by atoms with Gasteiger partial charge >= 0.3 is 0 Å². The van der Waals surface area contributed by atoms with Crippen LogP contribution in [0.4, 0.5) is 5.69 Å². The second-order valence-electron chi connectivity index (χ2n) is 2.51. The first-order valence-corrected chi connectivity index (χ1v) is 3.53. The predicted octanol–water partition coefficient (Wildman–Crippen LogP) is 0.181. The number of nitrogens with one attached hydrogen (secondary N) is 1. The molecule has 0 aliphatic heterocycles. The first-order chi connectivity index (χ1) is 5.66. The number of benzene rings is 1. The van der Waals surface area contributed by atoms with Crippen LogP contribution >= 0.6 is 0 Å². The lowest BCUT2D eigenvalue weighted by Crippen LogP contribution is -2.30. The smallest absolute Gasteiger partial charge is 0.267 e. The quantitative estimate of drug-likeness (QED) is 0.240. The van der Waals surface area contributed by atoms with Crippen molar-refractivity contribution < 1.29 is 4.79 Å². The van der Waals surface area contributed by atoms with Crippen molar-refractivity contribution in [1.29, 1.82) is 0 Å². The van der Waals surface area contributed by atoms with E-state index in [0.29, 0.717) is 11.3 Å². The summed E-state index contributed by atoms with van der Waals surface area (Å²) in [7, 11) is 0. The average Bonchev–Trinajstić information content (AvgIpc) is 2.08. The predicted molar refractivity (Wildman–Crippen MR) is 47.2 cm³/mol. The third-order valence-corrected chi connectivity index (χ3v) is 1.70. The molecule has 0 aliphatic rings. The summed E-state index contributed by atoms with van der Waals surface area (Å²) in [4.78, 5) is 11.1. The number of aryl methyl sites for hydroxylation is 1. The molecule has 12 heavy (non-hydrogen) atoms. The van der Waals surface area contributed by atoms with Crippen molar-refractivity contribution in [3.05, 3.63) is 29.3 Å². The second-order valence-corrected chi connectivity index (χ2v) is 2.51. The number of amides is 1. The lowest BCUT2D eigenvalue weighted by atomic mass is 10.1. The molecular weight excluding hydrogens is 154 g/mol. The van der Waals surface area contributed by atoms with Crippen molar-refractivity contribution in [3.8, 4) is 0 Å². The molecule has 0 aromatic heterocycles.